The quantitative estimate of drug-likeness (QED) is 0.525. The second-order valence-corrected chi connectivity index (χ2v) is 10.1. The molecule has 0 unspecified atom stereocenters. The van der Waals surface area contributed by atoms with Crippen LogP contribution in [0.2, 0.25) is 0 Å². The predicted octanol–water partition coefficient (Wildman–Crippen LogP) is 3.04. The van der Waals surface area contributed by atoms with Gasteiger partial charge in [0.25, 0.3) is 11.8 Å². The molecule has 0 bridgehead atoms. The maximum atomic E-state index is 13.1. The normalized spacial score (nSPS) is 24.8. The van der Waals surface area contributed by atoms with E-state index in [9.17, 15) is 19.2 Å². The zero-order valence-corrected chi connectivity index (χ0v) is 19.7. The zero-order valence-electron chi connectivity index (χ0n) is 19.7. The van der Waals surface area contributed by atoms with Crippen LogP contribution < -0.4 is 10.2 Å². The van der Waals surface area contributed by atoms with E-state index in [2.05, 4.69) is 26.1 Å². The van der Waals surface area contributed by atoms with Crippen LogP contribution in [0.3, 0.4) is 0 Å². The van der Waals surface area contributed by atoms with Crippen LogP contribution in [-0.2, 0) is 25.5 Å². The number of carbonyl (C=O) groups excluding carboxylic acids is 4. The molecule has 1 saturated heterocycles. The van der Waals surface area contributed by atoms with Crippen molar-refractivity contribution in [2.24, 2.45) is 11.3 Å². The maximum absolute atomic E-state index is 13.1. The smallest absolute Gasteiger partial charge is 0.326 e. The number of carbonyl (C=O) groups is 4. The molecule has 1 spiro atoms. The van der Waals surface area contributed by atoms with Gasteiger partial charge in [-0.25, -0.2) is 4.79 Å². The van der Waals surface area contributed by atoms with Crippen molar-refractivity contribution >= 4 is 29.5 Å². The highest BCUT2D eigenvalue weighted by Gasteiger charge is 2.53. The molecule has 0 atom stereocenters. The Balaban J connectivity index is 1.30. The maximum Gasteiger partial charge on any atom is 0.326 e. The number of anilines is 1. The molecule has 8 heteroatoms. The number of hydrogen-bond acceptors (Lipinski definition) is 5. The molecule has 2 aliphatic heterocycles. The molecular weight excluding hydrogens is 422 g/mol. The number of amides is 4. The van der Waals surface area contributed by atoms with Crippen molar-refractivity contribution in [3.05, 3.63) is 29.8 Å². The highest BCUT2D eigenvalue weighted by Crippen LogP contribution is 2.45. The number of urea groups is 1. The fourth-order valence-corrected chi connectivity index (χ4v) is 5.33. The number of nitrogens with zero attached hydrogens (tertiary/aromatic N) is 2. The molecule has 3 aliphatic rings. The molecule has 4 rings (SSSR count). The first-order chi connectivity index (χ1) is 15.7. The molecule has 1 saturated carbocycles. The van der Waals surface area contributed by atoms with Gasteiger partial charge in [-0.15, -0.1) is 0 Å². The Bertz CT molecular complexity index is 965. The average molecular weight is 456 g/mol. The third-order valence-corrected chi connectivity index (χ3v) is 7.93. The first kappa shape index (κ1) is 23.3. The molecular formula is C25H33N3O5. The van der Waals surface area contributed by atoms with E-state index in [1.807, 2.05) is 24.3 Å². The predicted molar refractivity (Wildman–Crippen MR) is 122 cm³/mol. The van der Waals surface area contributed by atoms with Gasteiger partial charge in [0.2, 0.25) is 0 Å². The summed E-state index contributed by atoms with van der Waals surface area (Å²) in [7, 11) is 0. The molecule has 1 N–H and O–H groups in total. The number of hydrogen-bond donors (Lipinski definition) is 1. The Morgan fingerprint density at radius 2 is 1.88 bits per heavy atom. The van der Waals surface area contributed by atoms with Crippen molar-refractivity contribution in [1.82, 2.24) is 10.2 Å². The second kappa shape index (κ2) is 8.80. The average Bonchev–Trinajstić information content (AvgIpc) is 3.33. The van der Waals surface area contributed by atoms with Gasteiger partial charge in [-0.3, -0.25) is 19.3 Å². The van der Waals surface area contributed by atoms with Crippen LogP contribution in [0, 0.1) is 11.3 Å². The summed E-state index contributed by atoms with van der Waals surface area (Å²) in [6, 6.07) is 7.06. The molecule has 1 aliphatic carbocycles. The number of ether oxygens (including phenoxy) is 1. The second-order valence-electron chi connectivity index (χ2n) is 10.1. The minimum absolute atomic E-state index is 0.194. The zero-order chi connectivity index (χ0) is 23.8. The first-order valence-electron chi connectivity index (χ1n) is 11.8. The van der Waals surface area contributed by atoms with Crippen LogP contribution in [0.1, 0.15) is 58.4 Å². The van der Waals surface area contributed by atoms with E-state index >= 15 is 0 Å². The van der Waals surface area contributed by atoms with E-state index in [1.165, 1.54) is 0 Å². The largest absolute Gasteiger partial charge is 0.454 e. The van der Waals surface area contributed by atoms with Gasteiger partial charge in [-0.1, -0.05) is 45.4 Å². The van der Waals surface area contributed by atoms with Crippen molar-refractivity contribution in [3.63, 3.8) is 0 Å². The van der Waals surface area contributed by atoms with Gasteiger partial charge in [0.1, 0.15) is 12.1 Å². The SMILES string of the molecule is CCC(C)(C)C1CCC2(CC1)NC(=O)N(CC(=O)OCC(=O)N1CCc3ccccc31)C2=O. The number of esters is 1. The first-order valence-corrected chi connectivity index (χ1v) is 11.8. The summed E-state index contributed by atoms with van der Waals surface area (Å²) >= 11 is 0. The molecule has 8 nitrogen and oxygen atoms in total. The molecule has 2 fully saturated rings. The van der Waals surface area contributed by atoms with E-state index < -0.39 is 30.7 Å². The van der Waals surface area contributed by atoms with Crippen LogP contribution in [0.15, 0.2) is 24.3 Å². The number of fused-ring (bicyclic) bond motifs is 1. The van der Waals surface area contributed by atoms with Gasteiger partial charge < -0.3 is 15.0 Å². The van der Waals surface area contributed by atoms with Crippen LogP contribution in [-0.4, -0.2) is 54.0 Å². The van der Waals surface area contributed by atoms with Crippen LogP contribution in [0.4, 0.5) is 10.5 Å². The van der Waals surface area contributed by atoms with Crippen LogP contribution >= 0.6 is 0 Å². The topological polar surface area (TPSA) is 96.0 Å². The molecule has 33 heavy (non-hydrogen) atoms. The number of benzene rings is 1. The summed E-state index contributed by atoms with van der Waals surface area (Å²) in [6.07, 6.45) is 4.68. The minimum atomic E-state index is -0.924. The third-order valence-electron chi connectivity index (χ3n) is 7.93. The highest BCUT2D eigenvalue weighted by molar-refractivity contribution is 6.09. The standard InChI is InChI=1S/C25H33N3O5/c1-4-24(2,3)18-9-12-25(13-10-18)22(31)28(23(32)26-25)15-21(30)33-16-20(29)27-14-11-17-7-5-6-8-19(17)27/h5-8,18H,4,9-16H2,1-3H3,(H,26,32). The lowest BCUT2D eigenvalue weighted by molar-refractivity contribution is -0.150. The molecule has 0 aromatic heterocycles. The Hall–Kier alpha value is -2.90. The van der Waals surface area contributed by atoms with Crippen LogP contribution in [0.25, 0.3) is 0 Å². The van der Waals surface area contributed by atoms with Gasteiger partial charge in [-0.2, -0.15) is 0 Å². The summed E-state index contributed by atoms with van der Waals surface area (Å²) in [5.74, 6) is -0.952. The van der Waals surface area contributed by atoms with E-state index in [0.29, 0.717) is 25.3 Å². The van der Waals surface area contributed by atoms with E-state index in [-0.39, 0.29) is 17.2 Å². The van der Waals surface area contributed by atoms with Crippen molar-refractivity contribution in [1.29, 1.82) is 0 Å². The van der Waals surface area contributed by atoms with Gasteiger partial charge in [0.05, 0.1) is 0 Å². The van der Waals surface area contributed by atoms with Crippen LogP contribution in [0.5, 0.6) is 0 Å². The lowest BCUT2D eigenvalue weighted by Crippen LogP contribution is -2.51. The summed E-state index contributed by atoms with van der Waals surface area (Å²) < 4.78 is 5.14. The third kappa shape index (κ3) is 4.35. The van der Waals surface area contributed by atoms with Crippen molar-refractivity contribution < 1.29 is 23.9 Å². The monoisotopic (exact) mass is 455 g/mol. The molecule has 0 radical (unpaired) electrons. The fourth-order valence-electron chi connectivity index (χ4n) is 5.33. The van der Waals surface area contributed by atoms with Gasteiger partial charge in [0, 0.05) is 12.2 Å². The Labute approximate surface area is 194 Å². The Morgan fingerprint density at radius 3 is 2.58 bits per heavy atom. The lowest BCUT2D eigenvalue weighted by atomic mass is 9.65. The van der Waals surface area contributed by atoms with Gasteiger partial charge in [-0.05, 0) is 55.1 Å². The summed E-state index contributed by atoms with van der Waals surface area (Å²) in [4.78, 5) is 53.1. The highest BCUT2D eigenvalue weighted by atomic mass is 16.5. The summed E-state index contributed by atoms with van der Waals surface area (Å²) in [5.41, 5.74) is 1.18. The summed E-state index contributed by atoms with van der Waals surface area (Å²) in [6.45, 7) is 6.30. The van der Waals surface area contributed by atoms with E-state index in [4.69, 9.17) is 4.74 Å². The van der Waals surface area contributed by atoms with Crippen molar-refractivity contribution in [3.8, 4) is 0 Å². The number of nitrogens with one attached hydrogen (secondary N) is 1. The molecule has 178 valence electrons. The van der Waals surface area contributed by atoms with E-state index in [0.717, 1.165) is 41.8 Å². The van der Waals surface area contributed by atoms with Gasteiger partial charge in [0.15, 0.2) is 6.61 Å². The lowest BCUT2D eigenvalue weighted by Gasteiger charge is -2.42. The number of para-hydroxylation sites is 1. The Kier molecular flexibility index (Phi) is 6.20. The molecule has 1 aromatic carbocycles. The number of imide groups is 1. The minimum Gasteiger partial charge on any atom is -0.454 e. The number of rotatable bonds is 6. The molecule has 1 aromatic rings. The van der Waals surface area contributed by atoms with Gasteiger partial charge >= 0.3 is 12.0 Å². The summed E-state index contributed by atoms with van der Waals surface area (Å²) in [5, 5.41) is 2.84. The van der Waals surface area contributed by atoms with Crippen molar-refractivity contribution in [2.45, 2.75) is 64.8 Å². The van der Waals surface area contributed by atoms with Crippen molar-refractivity contribution in [2.75, 3.05) is 24.6 Å². The molecule has 4 amide bonds. The Morgan fingerprint density at radius 1 is 1.18 bits per heavy atom. The fraction of sp³-hybridized carbons (Fsp3) is 0.600. The molecule has 2 heterocycles. The van der Waals surface area contributed by atoms with E-state index in [1.54, 1.807) is 4.90 Å².